The van der Waals surface area contributed by atoms with Crippen molar-refractivity contribution >= 4 is 6.09 Å². The molecule has 0 aromatic rings. The summed E-state index contributed by atoms with van der Waals surface area (Å²) in [4.78, 5) is 11.1. The molecule has 1 rings (SSSR count). The van der Waals surface area contributed by atoms with Crippen LogP contribution >= 0.6 is 0 Å². The summed E-state index contributed by atoms with van der Waals surface area (Å²) >= 11 is 0. The second-order valence-corrected chi connectivity index (χ2v) is 5.63. The maximum atomic E-state index is 11.1. The maximum absolute atomic E-state index is 11.1. The Bertz CT molecular complexity index is 233. The molecule has 88 valence electrons. The van der Waals surface area contributed by atoms with Gasteiger partial charge in [-0.1, -0.05) is 0 Å². The van der Waals surface area contributed by atoms with Crippen LogP contribution in [0.1, 0.15) is 40.5 Å². The van der Waals surface area contributed by atoms with E-state index in [1.54, 1.807) is 0 Å². The zero-order valence-electron chi connectivity index (χ0n) is 10.3. The molecule has 0 saturated carbocycles. The van der Waals surface area contributed by atoms with Crippen molar-refractivity contribution in [2.75, 3.05) is 7.11 Å². The number of nitrogens with one attached hydrogen (secondary N) is 2. The van der Waals surface area contributed by atoms with Crippen molar-refractivity contribution in [3.05, 3.63) is 0 Å². The van der Waals surface area contributed by atoms with Crippen molar-refractivity contribution in [3.8, 4) is 0 Å². The Hall–Kier alpha value is -0.770. The van der Waals surface area contributed by atoms with Gasteiger partial charge in [-0.3, -0.25) is 0 Å². The first-order chi connectivity index (χ1) is 6.74. The SMILES string of the molecule is COC(=O)NC1CC(C)(C)NC(C)(C)C1. The molecule has 0 atom stereocenters. The number of hydrogen-bond donors (Lipinski definition) is 2. The summed E-state index contributed by atoms with van der Waals surface area (Å²) in [5.74, 6) is 0. The van der Waals surface area contributed by atoms with E-state index in [1.807, 2.05) is 0 Å². The Kier molecular flexibility index (Phi) is 3.28. The largest absolute Gasteiger partial charge is 0.453 e. The first-order valence-electron chi connectivity index (χ1n) is 5.38. The van der Waals surface area contributed by atoms with Crippen LogP contribution in [0.15, 0.2) is 0 Å². The van der Waals surface area contributed by atoms with Gasteiger partial charge in [-0.15, -0.1) is 0 Å². The minimum absolute atomic E-state index is 0.0490. The average Bonchev–Trinajstić information content (AvgIpc) is 1.97. The second-order valence-electron chi connectivity index (χ2n) is 5.63. The standard InChI is InChI=1S/C11H22N2O2/c1-10(2)6-8(12-9(14)15-5)7-11(3,4)13-10/h8,13H,6-7H2,1-5H3,(H,12,14). The molecule has 0 radical (unpaired) electrons. The van der Waals surface area contributed by atoms with E-state index in [2.05, 4.69) is 43.1 Å². The Labute approximate surface area is 91.8 Å². The van der Waals surface area contributed by atoms with Gasteiger partial charge in [-0.25, -0.2) is 4.79 Å². The number of alkyl carbamates (subject to hydrolysis) is 1. The molecule has 0 aromatic heterocycles. The van der Waals surface area contributed by atoms with E-state index in [-0.39, 0.29) is 23.2 Å². The highest BCUT2D eigenvalue weighted by Gasteiger charge is 2.38. The molecule has 4 nitrogen and oxygen atoms in total. The van der Waals surface area contributed by atoms with Crippen LogP contribution in [-0.2, 0) is 4.74 Å². The zero-order chi connectivity index (χ0) is 11.7. The minimum Gasteiger partial charge on any atom is -0.453 e. The van der Waals surface area contributed by atoms with Gasteiger partial charge in [-0.2, -0.15) is 0 Å². The van der Waals surface area contributed by atoms with Crippen LogP contribution in [-0.4, -0.2) is 30.3 Å². The number of carbonyl (C=O) groups is 1. The summed E-state index contributed by atoms with van der Waals surface area (Å²) in [7, 11) is 1.40. The molecule has 0 aromatic carbocycles. The highest BCUT2D eigenvalue weighted by atomic mass is 16.5. The van der Waals surface area contributed by atoms with Gasteiger partial charge >= 0.3 is 6.09 Å². The molecule has 1 fully saturated rings. The molecule has 1 heterocycles. The van der Waals surface area contributed by atoms with E-state index >= 15 is 0 Å². The van der Waals surface area contributed by atoms with E-state index in [9.17, 15) is 4.79 Å². The molecule has 2 N–H and O–H groups in total. The van der Waals surface area contributed by atoms with Crippen LogP contribution in [0.3, 0.4) is 0 Å². The van der Waals surface area contributed by atoms with Crippen LogP contribution in [0, 0.1) is 0 Å². The summed E-state index contributed by atoms with van der Waals surface area (Å²) in [5, 5.41) is 6.44. The number of carbonyl (C=O) groups excluding carboxylic acids is 1. The maximum Gasteiger partial charge on any atom is 0.407 e. The number of methoxy groups -OCH3 is 1. The molecule has 0 spiro atoms. The van der Waals surface area contributed by atoms with Crippen molar-refractivity contribution < 1.29 is 9.53 Å². The topological polar surface area (TPSA) is 50.4 Å². The molecule has 1 aliphatic rings. The Balaban J connectivity index is 2.63. The summed E-state index contributed by atoms with van der Waals surface area (Å²) in [6, 6.07) is 0.184. The number of amides is 1. The van der Waals surface area contributed by atoms with Crippen molar-refractivity contribution in [1.29, 1.82) is 0 Å². The van der Waals surface area contributed by atoms with Gasteiger partial charge in [0.05, 0.1) is 7.11 Å². The van der Waals surface area contributed by atoms with Gasteiger partial charge in [0, 0.05) is 17.1 Å². The number of ether oxygens (including phenoxy) is 1. The fourth-order valence-corrected chi connectivity index (χ4v) is 2.65. The molecule has 1 saturated heterocycles. The molecular weight excluding hydrogens is 192 g/mol. The third-order valence-corrected chi connectivity index (χ3v) is 2.70. The van der Waals surface area contributed by atoms with Crippen LogP contribution in [0.25, 0.3) is 0 Å². The van der Waals surface area contributed by atoms with Crippen molar-refractivity contribution in [2.24, 2.45) is 0 Å². The number of rotatable bonds is 1. The smallest absolute Gasteiger partial charge is 0.407 e. The highest BCUT2D eigenvalue weighted by Crippen LogP contribution is 2.28. The first-order valence-corrected chi connectivity index (χ1v) is 5.38. The molecule has 0 bridgehead atoms. The fourth-order valence-electron chi connectivity index (χ4n) is 2.65. The first kappa shape index (κ1) is 12.3. The number of piperidine rings is 1. The lowest BCUT2D eigenvalue weighted by Crippen LogP contribution is -2.62. The third kappa shape index (κ3) is 3.70. The van der Waals surface area contributed by atoms with Crippen molar-refractivity contribution in [3.63, 3.8) is 0 Å². The summed E-state index contributed by atoms with van der Waals surface area (Å²) in [5.41, 5.74) is 0.0981. The van der Waals surface area contributed by atoms with E-state index in [0.717, 1.165) is 12.8 Å². The number of hydrogen-bond acceptors (Lipinski definition) is 3. The van der Waals surface area contributed by atoms with Crippen molar-refractivity contribution in [1.82, 2.24) is 10.6 Å². The van der Waals surface area contributed by atoms with Gasteiger partial charge in [0.2, 0.25) is 0 Å². The van der Waals surface area contributed by atoms with Crippen LogP contribution < -0.4 is 10.6 Å². The highest BCUT2D eigenvalue weighted by molar-refractivity contribution is 5.67. The predicted molar refractivity (Wildman–Crippen MR) is 59.9 cm³/mol. The van der Waals surface area contributed by atoms with Gasteiger partial charge in [0.25, 0.3) is 0 Å². The predicted octanol–water partition coefficient (Wildman–Crippen LogP) is 1.65. The Morgan fingerprint density at radius 3 is 2.13 bits per heavy atom. The van der Waals surface area contributed by atoms with Crippen LogP contribution in [0.2, 0.25) is 0 Å². The third-order valence-electron chi connectivity index (χ3n) is 2.70. The minimum atomic E-state index is -0.339. The molecular formula is C11H22N2O2. The lowest BCUT2D eigenvalue weighted by molar-refractivity contribution is 0.128. The monoisotopic (exact) mass is 214 g/mol. The molecule has 1 aliphatic heterocycles. The Morgan fingerprint density at radius 1 is 1.27 bits per heavy atom. The molecule has 4 heteroatoms. The van der Waals surface area contributed by atoms with Gasteiger partial charge in [0.1, 0.15) is 0 Å². The van der Waals surface area contributed by atoms with Crippen LogP contribution in [0.5, 0.6) is 0 Å². The molecule has 15 heavy (non-hydrogen) atoms. The lowest BCUT2D eigenvalue weighted by Gasteiger charge is -2.46. The zero-order valence-corrected chi connectivity index (χ0v) is 10.3. The molecule has 0 unspecified atom stereocenters. The average molecular weight is 214 g/mol. The second kappa shape index (κ2) is 4.00. The van der Waals surface area contributed by atoms with Gasteiger partial charge in [0.15, 0.2) is 0 Å². The van der Waals surface area contributed by atoms with E-state index in [0.29, 0.717) is 0 Å². The van der Waals surface area contributed by atoms with Gasteiger partial charge in [-0.05, 0) is 40.5 Å². The van der Waals surface area contributed by atoms with E-state index < -0.39 is 0 Å². The summed E-state index contributed by atoms with van der Waals surface area (Å²) in [6.45, 7) is 8.61. The van der Waals surface area contributed by atoms with Crippen LogP contribution in [0.4, 0.5) is 4.79 Å². The quantitative estimate of drug-likeness (QED) is 0.698. The molecule has 1 amide bonds. The Morgan fingerprint density at radius 2 is 1.73 bits per heavy atom. The summed E-state index contributed by atoms with van der Waals surface area (Å²) in [6.07, 6.45) is 1.50. The van der Waals surface area contributed by atoms with E-state index in [4.69, 9.17) is 0 Å². The summed E-state index contributed by atoms with van der Waals surface area (Å²) < 4.78 is 4.62. The molecule has 0 aliphatic carbocycles. The lowest BCUT2D eigenvalue weighted by atomic mass is 9.80. The normalized spacial score (nSPS) is 24.6. The van der Waals surface area contributed by atoms with Gasteiger partial charge < -0.3 is 15.4 Å². The van der Waals surface area contributed by atoms with Crippen molar-refractivity contribution in [2.45, 2.75) is 57.7 Å². The van der Waals surface area contributed by atoms with E-state index in [1.165, 1.54) is 7.11 Å². The fraction of sp³-hybridized carbons (Fsp3) is 0.909.